The minimum Gasteiger partial charge on any atom is -0.465 e. The minimum absolute atomic E-state index is 0.0884. The molecule has 1 saturated carbocycles. The van der Waals surface area contributed by atoms with Crippen LogP contribution in [0.15, 0.2) is 29.2 Å². The highest BCUT2D eigenvalue weighted by molar-refractivity contribution is 7.99. The molecule has 1 atom stereocenters. The highest BCUT2D eigenvalue weighted by Gasteiger charge is 2.51. The fourth-order valence-electron chi connectivity index (χ4n) is 2.66. The quantitative estimate of drug-likeness (QED) is 0.590. The molecule has 3 nitrogen and oxygen atoms in total. The van der Waals surface area contributed by atoms with E-state index in [1.54, 1.807) is 11.8 Å². The lowest BCUT2D eigenvalue weighted by atomic mass is 9.95. The maximum atomic E-state index is 12.5. The molecule has 116 valence electrons. The smallest absolute Gasteiger partial charge is 0.327 e. The number of rotatable bonds is 8. The molecule has 0 saturated heterocycles. The van der Waals surface area contributed by atoms with Gasteiger partial charge in [0.2, 0.25) is 0 Å². The monoisotopic (exact) mass is 307 g/mol. The number of carbonyl (C=O) groups excluding carboxylic acids is 1. The molecule has 1 N–H and O–H groups in total. The SMILES string of the molecule is CCNC(CSc1cccc(C)c1)(C(=O)OCC)C1CC1. The zero-order valence-electron chi connectivity index (χ0n) is 13.1. The summed E-state index contributed by atoms with van der Waals surface area (Å²) in [5.74, 6) is 1.05. The molecule has 21 heavy (non-hydrogen) atoms. The van der Waals surface area contributed by atoms with Gasteiger partial charge in [0.05, 0.1) is 6.61 Å². The standard InChI is InChI=1S/C17H25NO2S/c1-4-18-17(14-9-10-14,16(19)20-5-2)12-21-15-8-6-7-13(3)11-15/h6-8,11,14,18H,4-5,9-10,12H2,1-3H3. The maximum absolute atomic E-state index is 12.5. The molecule has 0 spiro atoms. The second-order valence-corrected chi connectivity index (χ2v) is 6.65. The first-order valence-electron chi connectivity index (χ1n) is 7.74. The molecule has 1 fully saturated rings. The third-order valence-corrected chi connectivity index (χ3v) is 5.05. The Hall–Kier alpha value is -1.00. The van der Waals surface area contributed by atoms with E-state index in [9.17, 15) is 4.79 Å². The predicted molar refractivity (Wildman–Crippen MR) is 87.7 cm³/mol. The van der Waals surface area contributed by atoms with Crippen molar-refractivity contribution < 1.29 is 9.53 Å². The molecule has 0 aliphatic heterocycles. The number of hydrogen-bond donors (Lipinski definition) is 1. The van der Waals surface area contributed by atoms with Crippen LogP contribution < -0.4 is 5.32 Å². The Bertz CT molecular complexity index is 487. The van der Waals surface area contributed by atoms with E-state index in [0.717, 1.165) is 25.1 Å². The van der Waals surface area contributed by atoms with E-state index in [-0.39, 0.29) is 5.97 Å². The van der Waals surface area contributed by atoms with Crippen LogP contribution in [0.1, 0.15) is 32.3 Å². The van der Waals surface area contributed by atoms with Crippen molar-refractivity contribution >= 4 is 17.7 Å². The van der Waals surface area contributed by atoms with Crippen molar-refractivity contribution in [3.63, 3.8) is 0 Å². The summed E-state index contributed by atoms with van der Waals surface area (Å²) in [7, 11) is 0. The van der Waals surface area contributed by atoms with Gasteiger partial charge in [0.15, 0.2) is 0 Å². The van der Waals surface area contributed by atoms with E-state index in [0.29, 0.717) is 12.5 Å². The van der Waals surface area contributed by atoms with Crippen LogP contribution in [0.2, 0.25) is 0 Å². The van der Waals surface area contributed by atoms with Gasteiger partial charge in [0.1, 0.15) is 5.54 Å². The van der Waals surface area contributed by atoms with E-state index >= 15 is 0 Å². The number of esters is 1. The van der Waals surface area contributed by atoms with Crippen molar-refractivity contribution in [1.29, 1.82) is 0 Å². The summed E-state index contributed by atoms with van der Waals surface area (Å²) in [6, 6.07) is 8.42. The Morgan fingerprint density at radius 3 is 2.76 bits per heavy atom. The van der Waals surface area contributed by atoms with Crippen LogP contribution >= 0.6 is 11.8 Å². The zero-order valence-corrected chi connectivity index (χ0v) is 14.0. The molecule has 2 rings (SSSR count). The van der Waals surface area contributed by atoms with E-state index in [4.69, 9.17) is 4.74 Å². The Balaban J connectivity index is 2.13. The van der Waals surface area contributed by atoms with E-state index in [1.807, 2.05) is 13.8 Å². The first-order valence-corrected chi connectivity index (χ1v) is 8.72. The summed E-state index contributed by atoms with van der Waals surface area (Å²) >= 11 is 1.74. The molecule has 1 aromatic rings. The van der Waals surface area contributed by atoms with Gasteiger partial charge in [0.25, 0.3) is 0 Å². The summed E-state index contributed by atoms with van der Waals surface area (Å²) in [4.78, 5) is 13.7. The third-order valence-electron chi connectivity index (χ3n) is 3.86. The van der Waals surface area contributed by atoms with Crippen LogP contribution in [0, 0.1) is 12.8 Å². The lowest BCUT2D eigenvalue weighted by Crippen LogP contribution is -2.57. The molecular formula is C17H25NO2S. The summed E-state index contributed by atoms with van der Waals surface area (Å²) < 4.78 is 5.36. The lowest BCUT2D eigenvalue weighted by molar-refractivity contribution is -0.151. The Labute approximate surface area is 131 Å². The van der Waals surface area contributed by atoms with E-state index in [1.165, 1.54) is 10.5 Å². The maximum Gasteiger partial charge on any atom is 0.327 e. The van der Waals surface area contributed by atoms with Gasteiger partial charge in [-0.2, -0.15) is 0 Å². The Morgan fingerprint density at radius 1 is 1.43 bits per heavy atom. The number of thioether (sulfide) groups is 1. The molecule has 0 amide bonds. The number of nitrogens with one attached hydrogen (secondary N) is 1. The second kappa shape index (κ2) is 7.32. The highest BCUT2D eigenvalue weighted by atomic mass is 32.2. The number of likely N-dealkylation sites (N-methyl/N-ethyl adjacent to an activating group) is 1. The summed E-state index contributed by atoms with van der Waals surface area (Å²) in [6.07, 6.45) is 2.22. The highest BCUT2D eigenvalue weighted by Crippen LogP contribution is 2.43. The molecule has 0 radical (unpaired) electrons. The van der Waals surface area contributed by atoms with Crippen molar-refractivity contribution in [1.82, 2.24) is 5.32 Å². The number of ether oxygens (including phenoxy) is 1. The van der Waals surface area contributed by atoms with E-state index < -0.39 is 5.54 Å². The fraction of sp³-hybridized carbons (Fsp3) is 0.588. The Kier molecular flexibility index (Phi) is 5.71. The number of aryl methyl sites for hydroxylation is 1. The Morgan fingerprint density at radius 2 is 2.19 bits per heavy atom. The summed E-state index contributed by atoms with van der Waals surface area (Å²) in [6.45, 7) is 7.23. The number of hydrogen-bond acceptors (Lipinski definition) is 4. The predicted octanol–water partition coefficient (Wildman–Crippen LogP) is 3.41. The van der Waals surface area contributed by atoms with Crippen LogP contribution in [0.3, 0.4) is 0 Å². The van der Waals surface area contributed by atoms with Crippen molar-refractivity contribution in [2.75, 3.05) is 18.9 Å². The van der Waals surface area contributed by atoms with Gasteiger partial charge in [-0.1, -0.05) is 24.6 Å². The average Bonchev–Trinajstić information content (AvgIpc) is 3.29. The summed E-state index contributed by atoms with van der Waals surface area (Å²) in [5.41, 5.74) is 0.718. The van der Waals surface area contributed by atoms with Crippen molar-refractivity contribution in [2.45, 2.75) is 44.0 Å². The van der Waals surface area contributed by atoms with Gasteiger partial charge < -0.3 is 10.1 Å². The molecule has 1 aromatic carbocycles. The molecule has 0 bridgehead atoms. The third kappa shape index (κ3) is 4.01. The van der Waals surface area contributed by atoms with Crippen molar-refractivity contribution in [2.24, 2.45) is 5.92 Å². The largest absolute Gasteiger partial charge is 0.465 e. The minimum atomic E-state index is -0.529. The molecule has 1 aliphatic rings. The van der Waals surface area contributed by atoms with Gasteiger partial charge in [-0.15, -0.1) is 11.8 Å². The molecule has 0 aromatic heterocycles. The van der Waals surface area contributed by atoms with Gasteiger partial charge >= 0.3 is 5.97 Å². The van der Waals surface area contributed by atoms with Gasteiger partial charge in [-0.25, -0.2) is 0 Å². The fourth-order valence-corrected chi connectivity index (χ4v) is 3.96. The van der Waals surface area contributed by atoms with Gasteiger partial charge in [-0.05, 0) is 51.3 Å². The van der Waals surface area contributed by atoms with Crippen molar-refractivity contribution in [3.05, 3.63) is 29.8 Å². The lowest BCUT2D eigenvalue weighted by Gasteiger charge is -2.32. The normalized spacial score (nSPS) is 17.3. The molecular weight excluding hydrogens is 282 g/mol. The number of benzene rings is 1. The van der Waals surface area contributed by atoms with Crippen LogP contribution in [0.4, 0.5) is 0 Å². The zero-order chi connectivity index (χ0) is 15.3. The van der Waals surface area contributed by atoms with Gasteiger partial charge in [-0.3, -0.25) is 4.79 Å². The second-order valence-electron chi connectivity index (χ2n) is 5.60. The van der Waals surface area contributed by atoms with Crippen LogP contribution in [0.25, 0.3) is 0 Å². The molecule has 1 aliphatic carbocycles. The summed E-state index contributed by atoms with van der Waals surface area (Å²) in [5, 5.41) is 3.43. The average molecular weight is 307 g/mol. The molecule has 1 unspecified atom stereocenters. The molecule has 4 heteroatoms. The van der Waals surface area contributed by atoms with E-state index in [2.05, 4.69) is 36.5 Å². The van der Waals surface area contributed by atoms with Crippen LogP contribution in [-0.2, 0) is 9.53 Å². The first kappa shape index (κ1) is 16.4. The van der Waals surface area contributed by atoms with Crippen molar-refractivity contribution in [3.8, 4) is 0 Å². The van der Waals surface area contributed by atoms with Gasteiger partial charge in [0, 0.05) is 10.6 Å². The van der Waals surface area contributed by atoms with Crippen LogP contribution in [-0.4, -0.2) is 30.4 Å². The van der Waals surface area contributed by atoms with Crippen LogP contribution in [0.5, 0.6) is 0 Å². The molecule has 0 heterocycles. The number of carbonyl (C=O) groups is 1. The topological polar surface area (TPSA) is 38.3 Å². The first-order chi connectivity index (χ1) is 10.1.